The van der Waals surface area contributed by atoms with E-state index in [9.17, 15) is 29.4 Å². The minimum absolute atomic E-state index is 0.293. The summed E-state index contributed by atoms with van der Waals surface area (Å²) >= 11 is 0. The number of esters is 2. The smallest absolute Gasteiger partial charge is 0.315 e. The first-order chi connectivity index (χ1) is 19.8. The molecule has 0 aromatic heterocycles. The first-order valence-electron chi connectivity index (χ1n) is 14.0. The zero-order valence-corrected chi connectivity index (χ0v) is 22.0. The van der Waals surface area contributed by atoms with Gasteiger partial charge in [0, 0.05) is 21.5 Å². The Bertz CT molecular complexity index is 1800. The van der Waals surface area contributed by atoms with Crippen molar-refractivity contribution in [2.45, 2.75) is 13.3 Å². The second kappa shape index (κ2) is 8.06. The Morgan fingerprint density at radius 3 is 1.66 bits per heavy atom. The minimum atomic E-state index is -1.13. The summed E-state index contributed by atoms with van der Waals surface area (Å²) in [4.78, 5) is 54.1. The molecule has 8 nitrogen and oxygen atoms in total. The Hall–Kier alpha value is -4.46. The second-order valence-electron chi connectivity index (χ2n) is 11.9. The van der Waals surface area contributed by atoms with Gasteiger partial charge in [0.05, 0.1) is 23.7 Å². The van der Waals surface area contributed by atoms with Crippen LogP contribution in [0, 0.1) is 52.8 Å². The van der Waals surface area contributed by atoms with Crippen LogP contribution >= 0.6 is 0 Å². The Labute approximate surface area is 234 Å². The van der Waals surface area contributed by atoms with Crippen molar-refractivity contribution in [3.8, 4) is 11.5 Å². The van der Waals surface area contributed by atoms with Gasteiger partial charge in [0.25, 0.3) is 0 Å². The monoisotopic (exact) mass is 550 g/mol. The minimum Gasteiger partial charge on any atom is -0.481 e. The third-order valence-electron chi connectivity index (χ3n) is 10.6. The molecule has 0 amide bonds. The number of aliphatic carboxylic acids is 2. The summed E-state index contributed by atoms with van der Waals surface area (Å²) in [6.45, 7) is 2.00. The van der Waals surface area contributed by atoms with Crippen LogP contribution in [-0.2, 0) is 25.6 Å². The summed E-state index contributed by atoms with van der Waals surface area (Å²) in [7, 11) is 0. The number of benzene rings is 3. The summed E-state index contributed by atoms with van der Waals surface area (Å²) in [5.41, 5.74) is 0.0427. The van der Waals surface area contributed by atoms with Crippen molar-refractivity contribution in [1.29, 1.82) is 0 Å². The molecule has 206 valence electrons. The van der Waals surface area contributed by atoms with Crippen LogP contribution in [0.2, 0.25) is 0 Å². The SMILES string of the molecule is CCc1ccc2c3c4ccccc4c(c2c1)OC(=O)C1C(C(=O)O)C2C=CC1C21C2C=CC1C(C(=O)O3)C2C(=O)O. The molecule has 0 radical (unpaired) electrons. The molecule has 1 spiro atoms. The highest BCUT2D eigenvalue weighted by molar-refractivity contribution is 6.13. The van der Waals surface area contributed by atoms with Crippen molar-refractivity contribution in [2.24, 2.45) is 52.8 Å². The lowest BCUT2D eigenvalue weighted by molar-refractivity contribution is -0.152. The quantitative estimate of drug-likeness (QED) is 0.209. The fraction of sp³-hybridized carbons (Fsp3) is 0.333. The number of carbonyl (C=O) groups is 4. The molecule has 8 heteroatoms. The number of carbonyl (C=O) groups excluding carboxylic acids is 2. The highest BCUT2D eigenvalue weighted by atomic mass is 16.5. The van der Waals surface area contributed by atoms with Gasteiger partial charge in [0.15, 0.2) is 0 Å². The molecule has 9 atom stereocenters. The van der Waals surface area contributed by atoms with Crippen LogP contribution in [0.3, 0.4) is 0 Å². The molecule has 2 saturated carbocycles. The number of carboxylic acid groups (broad SMARTS) is 2. The molecule has 9 bridgehead atoms. The summed E-state index contributed by atoms with van der Waals surface area (Å²) in [5, 5.41) is 23.1. The van der Waals surface area contributed by atoms with Crippen molar-refractivity contribution < 1.29 is 38.9 Å². The van der Waals surface area contributed by atoms with Crippen LogP contribution < -0.4 is 9.47 Å². The van der Waals surface area contributed by atoms with Gasteiger partial charge in [-0.1, -0.05) is 67.6 Å². The number of carboxylic acids is 2. The van der Waals surface area contributed by atoms with E-state index < -0.39 is 76.6 Å². The van der Waals surface area contributed by atoms with Crippen LogP contribution in [-0.4, -0.2) is 34.1 Å². The third kappa shape index (κ3) is 2.80. The standard InChI is InChI=1S/C33H26O8/c1-2-14-7-8-17-18(13-14)28-16-6-4-3-5-15(16)27(17)40-31(38)25-21-11-9-19(23(25)29(34)35)33(21)20-10-12-22(33)26(32(39)41-28)24(20)30(36)37/h3-13,19-26H,2H2,1H3,(H,34,35)(H,36,37). The molecule has 2 aliphatic heterocycles. The maximum absolute atomic E-state index is 14.2. The number of aryl methyl sites for hydroxylation is 1. The molecular formula is C33H26O8. The predicted molar refractivity (Wildman–Crippen MR) is 146 cm³/mol. The largest absolute Gasteiger partial charge is 0.481 e. The Kier molecular flexibility index (Phi) is 4.78. The van der Waals surface area contributed by atoms with Gasteiger partial charge < -0.3 is 19.7 Å². The van der Waals surface area contributed by atoms with Crippen molar-refractivity contribution in [1.82, 2.24) is 0 Å². The molecule has 0 saturated heterocycles. The van der Waals surface area contributed by atoms with E-state index in [2.05, 4.69) is 0 Å². The lowest BCUT2D eigenvalue weighted by Crippen LogP contribution is -2.38. The summed E-state index contributed by atoms with van der Waals surface area (Å²) in [5.74, 6) is -9.76. The normalized spacial score (nSPS) is 35.8. The molecule has 9 unspecified atom stereocenters. The van der Waals surface area contributed by atoms with Gasteiger partial charge >= 0.3 is 23.9 Å². The molecule has 2 heterocycles. The molecular weight excluding hydrogens is 524 g/mol. The molecule has 6 aliphatic rings. The number of hydrogen-bond donors (Lipinski definition) is 2. The maximum atomic E-state index is 14.2. The second-order valence-corrected chi connectivity index (χ2v) is 11.9. The lowest BCUT2D eigenvalue weighted by Gasteiger charge is -2.37. The van der Waals surface area contributed by atoms with Gasteiger partial charge in [-0.25, -0.2) is 0 Å². The maximum Gasteiger partial charge on any atom is 0.315 e. The average molecular weight is 551 g/mol. The first kappa shape index (κ1) is 24.3. The Balaban J connectivity index is 1.46. The van der Waals surface area contributed by atoms with Crippen LogP contribution in [0.4, 0.5) is 0 Å². The topological polar surface area (TPSA) is 127 Å². The highest BCUT2D eigenvalue weighted by Gasteiger charge is 2.78. The molecule has 2 N–H and O–H groups in total. The number of allylic oxidation sites excluding steroid dienone is 4. The predicted octanol–water partition coefficient (Wildman–Crippen LogP) is 4.63. The summed E-state index contributed by atoms with van der Waals surface area (Å²) in [6.07, 6.45) is 8.03. The van der Waals surface area contributed by atoms with E-state index in [4.69, 9.17) is 9.47 Å². The van der Waals surface area contributed by atoms with E-state index in [0.29, 0.717) is 39.5 Å². The number of rotatable bonds is 3. The molecule has 9 rings (SSSR count). The van der Waals surface area contributed by atoms with E-state index >= 15 is 0 Å². The molecule has 4 aliphatic carbocycles. The van der Waals surface area contributed by atoms with Gasteiger partial charge in [0.2, 0.25) is 0 Å². The van der Waals surface area contributed by atoms with Crippen LogP contribution in [0.5, 0.6) is 11.5 Å². The van der Waals surface area contributed by atoms with Crippen molar-refractivity contribution in [3.63, 3.8) is 0 Å². The molecule has 41 heavy (non-hydrogen) atoms. The van der Waals surface area contributed by atoms with E-state index in [1.165, 1.54) is 0 Å². The third-order valence-corrected chi connectivity index (χ3v) is 10.6. The van der Waals surface area contributed by atoms with Gasteiger partial charge in [-0.2, -0.15) is 0 Å². The fourth-order valence-electron chi connectivity index (χ4n) is 9.22. The van der Waals surface area contributed by atoms with E-state index in [1.54, 1.807) is 24.3 Å². The molecule has 2 fully saturated rings. The van der Waals surface area contributed by atoms with Gasteiger partial charge in [0.1, 0.15) is 11.5 Å². The first-order valence-corrected chi connectivity index (χ1v) is 14.0. The summed E-state index contributed by atoms with van der Waals surface area (Å²) in [6, 6.07) is 12.8. The molecule has 3 aromatic carbocycles. The number of ether oxygens (including phenoxy) is 2. The van der Waals surface area contributed by atoms with Crippen molar-refractivity contribution in [3.05, 3.63) is 72.3 Å². The van der Waals surface area contributed by atoms with Crippen molar-refractivity contribution in [2.75, 3.05) is 0 Å². The lowest BCUT2D eigenvalue weighted by atomic mass is 9.65. The van der Waals surface area contributed by atoms with Gasteiger partial charge in [-0.05, 0) is 47.1 Å². The molecule has 3 aromatic rings. The van der Waals surface area contributed by atoms with Gasteiger partial charge in [-0.15, -0.1) is 0 Å². The zero-order valence-electron chi connectivity index (χ0n) is 22.0. The van der Waals surface area contributed by atoms with Crippen LogP contribution in [0.25, 0.3) is 21.5 Å². The Morgan fingerprint density at radius 2 is 1.17 bits per heavy atom. The van der Waals surface area contributed by atoms with E-state index in [1.807, 2.05) is 49.4 Å². The average Bonchev–Trinajstić information content (AvgIpc) is 3.70. The number of fused-ring (bicyclic) bond motifs is 2. The van der Waals surface area contributed by atoms with Gasteiger partial charge in [-0.3, -0.25) is 19.2 Å². The fourth-order valence-corrected chi connectivity index (χ4v) is 9.22. The van der Waals surface area contributed by atoms with E-state index in [-0.39, 0.29) is 0 Å². The van der Waals surface area contributed by atoms with Crippen LogP contribution in [0.1, 0.15) is 12.5 Å². The summed E-state index contributed by atoms with van der Waals surface area (Å²) < 4.78 is 12.5. The van der Waals surface area contributed by atoms with E-state index in [0.717, 1.165) is 5.56 Å². The zero-order chi connectivity index (χ0) is 28.4. The van der Waals surface area contributed by atoms with Crippen molar-refractivity contribution >= 4 is 45.4 Å². The Morgan fingerprint density at radius 1 is 0.707 bits per heavy atom. The highest BCUT2D eigenvalue weighted by Crippen LogP contribution is 2.76. The number of hydrogen-bond acceptors (Lipinski definition) is 6. The van der Waals surface area contributed by atoms with Crippen LogP contribution in [0.15, 0.2) is 66.8 Å².